The molecule has 8 heteroatoms. The van der Waals surface area contributed by atoms with Gasteiger partial charge in [0.15, 0.2) is 5.82 Å². The summed E-state index contributed by atoms with van der Waals surface area (Å²) >= 11 is 5.92. The number of pyridine rings is 1. The molecule has 1 aliphatic carbocycles. The average Bonchev–Trinajstić information content (AvgIpc) is 3.03. The van der Waals surface area contributed by atoms with E-state index >= 15 is 0 Å². The molecule has 0 spiro atoms. The second kappa shape index (κ2) is 6.89. The number of fused-ring (bicyclic) bond motifs is 1. The summed E-state index contributed by atoms with van der Waals surface area (Å²) < 4.78 is 1.71. The standard InChI is InChI=1S/C19H16ClN5O2/c20-12-1-3-13(4-2-12)23-18-17-16(7-8-22-19(17)27)25(24-18)15-6-5-14(26)9-11(15)10-21/h1-4,7-8,11,15H,5-6,9H2,(H,22,27)(H,23,24)/t11-,15?/m0/s1. The highest BCUT2D eigenvalue weighted by atomic mass is 35.5. The number of nitrogens with zero attached hydrogens (tertiary/aromatic N) is 3. The first-order valence-electron chi connectivity index (χ1n) is 8.60. The van der Waals surface area contributed by atoms with Crippen LogP contribution in [0.1, 0.15) is 25.3 Å². The Morgan fingerprint density at radius 1 is 1.26 bits per heavy atom. The van der Waals surface area contributed by atoms with E-state index in [0.29, 0.717) is 34.6 Å². The highest BCUT2D eigenvalue weighted by Gasteiger charge is 2.33. The fraction of sp³-hybridized carbons (Fsp3) is 0.263. The molecule has 27 heavy (non-hydrogen) atoms. The van der Waals surface area contributed by atoms with Crippen LogP contribution in [0.5, 0.6) is 0 Å². The number of rotatable bonds is 3. The SMILES string of the molecule is N#C[C@@H]1CC(=O)CCC1n1nc(Nc2ccc(Cl)cc2)c2c(=O)[nH]ccc21. The fourth-order valence-corrected chi connectivity index (χ4v) is 3.65. The van der Waals surface area contributed by atoms with Crippen molar-refractivity contribution < 1.29 is 4.79 Å². The first-order chi connectivity index (χ1) is 13.1. The number of carbonyl (C=O) groups is 1. The minimum Gasteiger partial charge on any atom is -0.338 e. The molecule has 136 valence electrons. The third-order valence-corrected chi connectivity index (χ3v) is 5.10. The van der Waals surface area contributed by atoms with Crippen molar-refractivity contribution in [3.63, 3.8) is 0 Å². The Kier molecular flexibility index (Phi) is 4.42. The Morgan fingerprint density at radius 3 is 2.78 bits per heavy atom. The lowest BCUT2D eigenvalue weighted by atomic mass is 9.84. The van der Waals surface area contributed by atoms with Crippen LogP contribution in [0.3, 0.4) is 0 Å². The normalized spacial score (nSPS) is 19.8. The number of nitrogens with one attached hydrogen (secondary N) is 2. The van der Waals surface area contributed by atoms with Crippen LogP contribution in [0.15, 0.2) is 41.3 Å². The largest absolute Gasteiger partial charge is 0.338 e. The number of aromatic amines is 1. The molecule has 2 atom stereocenters. The van der Waals surface area contributed by atoms with E-state index in [4.69, 9.17) is 11.6 Å². The number of halogens is 1. The summed E-state index contributed by atoms with van der Waals surface area (Å²) in [6.07, 6.45) is 2.71. The summed E-state index contributed by atoms with van der Waals surface area (Å²) in [6, 6.07) is 10.8. The number of hydrogen-bond acceptors (Lipinski definition) is 5. The van der Waals surface area contributed by atoms with Crippen molar-refractivity contribution in [2.75, 3.05) is 5.32 Å². The minimum absolute atomic E-state index is 0.0895. The molecule has 2 heterocycles. The van der Waals surface area contributed by atoms with Gasteiger partial charge in [-0.05, 0) is 36.8 Å². The lowest BCUT2D eigenvalue weighted by Gasteiger charge is -2.26. The lowest BCUT2D eigenvalue weighted by molar-refractivity contribution is -0.121. The van der Waals surface area contributed by atoms with Gasteiger partial charge >= 0.3 is 0 Å². The second-order valence-electron chi connectivity index (χ2n) is 6.58. The molecular formula is C19H16ClN5O2. The number of nitriles is 1. The Hall–Kier alpha value is -3.11. The van der Waals surface area contributed by atoms with E-state index in [1.807, 2.05) is 0 Å². The molecule has 1 aliphatic rings. The van der Waals surface area contributed by atoms with Crippen LogP contribution >= 0.6 is 11.6 Å². The molecule has 2 aromatic heterocycles. The van der Waals surface area contributed by atoms with E-state index in [1.54, 1.807) is 41.2 Å². The summed E-state index contributed by atoms with van der Waals surface area (Å²) in [4.78, 5) is 26.9. The van der Waals surface area contributed by atoms with Crippen LogP contribution in [-0.4, -0.2) is 20.5 Å². The quantitative estimate of drug-likeness (QED) is 0.722. The smallest absolute Gasteiger partial charge is 0.261 e. The molecule has 7 nitrogen and oxygen atoms in total. The fourth-order valence-electron chi connectivity index (χ4n) is 3.53. The van der Waals surface area contributed by atoms with Gasteiger partial charge in [-0.15, -0.1) is 0 Å². The number of hydrogen-bond donors (Lipinski definition) is 2. The van der Waals surface area contributed by atoms with Gasteiger partial charge in [0, 0.05) is 29.7 Å². The van der Waals surface area contributed by atoms with Crippen LogP contribution in [0, 0.1) is 17.2 Å². The Bertz CT molecular complexity index is 1110. The number of aromatic nitrogens is 3. The molecule has 1 fully saturated rings. The zero-order valence-corrected chi connectivity index (χ0v) is 15.0. The molecule has 3 aromatic rings. The zero-order chi connectivity index (χ0) is 19.0. The van der Waals surface area contributed by atoms with E-state index in [9.17, 15) is 14.9 Å². The molecule has 1 aromatic carbocycles. The van der Waals surface area contributed by atoms with E-state index in [2.05, 4.69) is 21.5 Å². The van der Waals surface area contributed by atoms with Crippen LogP contribution in [0.2, 0.25) is 5.02 Å². The molecule has 1 saturated carbocycles. The number of anilines is 2. The van der Waals surface area contributed by atoms with Gasteiger partial charge in [-0.2, -0.15) is 10.4 Å². The number of H-pyrrole nitrogens is 1. The summed E-state index contributed by atoms with van der Waals surface area (Å²) in [5.41, 5.74) is 1.11. The predicted molar refractivity (Wildman–Crippen MR) is 102 cm³/mol. The maximum atomic E-state index is 12.5. The molecule has 2 N–H and O–H groups in total. The first-order valence-corrected chi connectivity index (χ1v) is 8.98. The van der Waals surface area contributed by atoms with Crippen molar-refractivity contribution in [2.45, 2.75) is 25.3 Å². The molecule has 0 amide bonds. The van der Waals surface area contributed by atoms with Crippen molar-refractivity contribution in [1.29, 1.82) is 5.26 Å². The van der Waals surface area contributed by atoms with Crippen LogP contribution in [0.4, 0.5) is 11.5 Å². The van der Waals surface area contributed by atoms with Gasteiger partial charge in [-0.25, -0.2) is 0 Å². The van der Waals surface area contributed by atoms with Crippen molar-refractivity contribution in [2.24, 2.45) is 5.92 Å². The number of carbonyl (C=O) groups excluding carboxylic acids is 1. The van der Waals surface area contributed by atoms with Gasteiger partial charge in [0.05, 0.1) is 23.5 Å². The average molecular weight is 382 g/mol. The molecule has 0 bridgehead atoms. The van der Waals surface area contributed by atoms with Crippen LogP contribution in [-0.2, 0) is 4.79 Å². The topological polar surface area (TPSA) is 104 Å². The molecule has 1 unspecified atom stereocenters. The molecule has 0 radical (unpaired) electrons. The van der Waals surface area contributed by atoms with Crippen molar-refractivity contribution in [1.82, 2.24) is 14.8 Å². The molecule has 0 aliphatic heterocycles. The molecule has 4 rings (SSSR count). The van der Waals surface area contributed by atoms with Gasteiger partial charge in [-0.3, -0.25) is 14.3 Å². The van der Waals surface area contributed by atoms with E-state index in [-0.39, 0.29) is 23.8 Å². The van der Waals surface area contributed by atoms with Gasteiger partial charge < -0.3 is 10.3 Å². The van der Waals surface area contributed by atoms with Crippen LogP contribution in [0.25, 0.3) is 10.9 Å². The second-order valence-corrected chi connectivity index (χ2v) is 7.01. The monoisotopic (exact) mass is 381 g/mol. The van der Waals surface area contributed by atoms with Gasteiger partial charge in [0.2, 0.25) is 0 Å². The lowest BCUT2D eigenvalue weighted by Crippen LogP contribution is -2.27. The predicted octanol–water partition coefficient (Wildman–Crippen LogP) is 3.56. The van der Waals surface area contributed by atoms with E-state index < -0.39 is 5.92 Å². The molecular weight excluding hydrogens is 366 g/mol. The maximum absolute atomic E-state index is 12.5. The summed E-state index contributed by atoms with van der Waals surface area (Å²) in [5.74, 6) is 0.0337. The first kappa shape index (κ1) is 17.3. The Balaban J connectivity index is 1.81. The zero-order valence-electron chi connectivity index (χ0n) is 14.3. The minimum atomic E-state index is -0.461. The highest BCUT2D eigenvalue weighted by molar-refractivity contribution is 6.30. The molecule has 0 saturated heterocycles. The van der Waals surface area contributed by atoms with Crippen LogP contribution < -0.4 is 10.9 Å². The Morgan fingerprint density at radius 2 is 2.04 bits per heavy atom. The van der Waals surface area contributed by atoms with Crippen molar-refractivity contribution in [3.8, 4) is 6.07 Å². The summed E-state index contributed by atoms with van der Waals surface area (Å²) in [7, 11) is 0. The van der Waals surface area contributed by atoms with Gasteiger partial charge in [-0.1, -0.05) is 11.6 Å². The van der Waals surface area contributed by atoms with E-state index in [1.165, 1.54) is 0 Å². The maximum Gasteiger partial charge on any atom is 0.261 e. The third kappa shape index (κ3) is 3.20. The number of benzene rings is 1. The van der Waals surface area contributed by atoms with Crippen molar-refractivity contribution in [3.05, 3.63) is 51.9 Å². The van der Waals surface area contributed by atoms with Gasteiger partial charge in [0.25, 0.3) is 5.56 Å². The van der Waals surface area contributed by atoms with Gasteiger partial charge in [0.1, 0.15) is 11.2 Å². The number of Topliss-reactive ketones (excluding diaryl/α,β-unsaturated/α-hetero) is 1. The summed E-state index contributed by atoms with van der Waals surface area (Å²) in [6.45, 7) is 0. The highest BCUT2D eigenvalue weighted by Crippen LogP contribution is 2.35. The Labute approximate surface area is 159 Å². The summed E-state index contributed by atoms with van der Waals surface area (Å²) in [5, 5.41) is 18.3. The number of ketones is 1. The van der Waals surface area contributed by atoms with E-state index in [0.717, 1.165) is 5.69 Å². The third-order valence-electron chi connectivity index (χ3n) is 4.85. The van der Waals surface area contributed by atoms with Crippen molar-refractivity contribution >= 4 is 39.8 Å².